The third kappa shape index (κ3) is 6.20. The highest BCUT2D eigenvalue weighted by atomic mass is 32.2. The van der Waals surface area contributed by atoms with Crippen LogP contribution in [-0.4, -0.2) is 44.4 Å². The molecule has 1 saturated heterocycles. The summed E-state index contributed by atoms with van der Waals surface area (Å²) >= 11 is 1.45. The number of hydrogen-bond donors (Lipinski definition) is 1. The van der Waals surface area contributed by atoms with Crippen molar-refractivity contribution in [2.45, 2.75) is 50.5 Å². The second-order valence-corrected chi connectivity index (χ2v) is 9.24. The van der Waals surface area contributed by atoms with E-state index in [0.29, 0.717) is 12.3 Å². The number of aromatic nitrogens is 3. The Bertz CT molecular complexity index is 986. The Morgan fingerprint density at radius 3 is 2.38 bits per heavy atom. The molecule has 2 heterocycles. The molecule has 168 valence electrons. The predicted octanol–water partition coefficient (Wildman–Crippen LogP) is 4.28. The number of thioether (sulfide) groups is 1. The van der Waals surface area contributed by atoms with Crippen molar-refractivity contribution in [1.82, 2.24) is 25.0 Å². The first-order valence-electron chi connectivity index (χ1n) is 11.3. The van der Waals surface area contributed by atoms with Crippen molar-refractivity contribution < 1.29 is 4.79 Å². The van der Waals surface area contributed by atoms with Crippen molar-refractivity contribution >= 4 is 17.7 Å². The zero-order valence-corrected chi connectivity index (χ0v) is 19.4. The highest BCUT2D eigenvalue weighted by molar-refractivity contribution is 7.99. The molecule has 1 fully saturated rings. The molecule has 7 heteroatoms. The van der Waals surface area contributed by atoms with Crippen LogP contribution in [0.25, 0.3) is 0 Å². The third-order valence-corrected chi connectivity index (χ3v) is 6.77. The highest BCUT2D eigenvalue weighted by Crippen LogP contribution is 2.21. The van der Waals surface area contributed by atoms with Crippen LogP contribution in [0, 0.1) is 0 Å². The Morgan fingerprint density at radius 2 is 1.66 bits per heavy atom. The molecule has 1 unspecified atom stereocenters. The first-order chi connectivity index (χ1) is 15.7. The Hall–Kier alpha value is -2.64. The Kier molecular flexibility index (Phi) is 7.96. The number of nitrogens with zero attached hydrogens (tertiary/aromatic N) is 4. The van der Waals surface area contributed by atoms with Gasteiger partial charge in [-0.1, -0.05) is 78.8 Å². The largest absolute Gasteiger partial charge is 0.349 e. The Balaban J connectivity index is 1.43. The van der Waals surface area contributed by atoms with Crippen molar-refractivity contribution in [3.05, 3.63) is 77.6 Å². The summed E-state index contributed by atoms with van der Waals surface area (Å²) < 4.78 is 2.17. The van der Waals surface area contributed by atoms with Crippen molar-refractivity contribution in [2.24, 2.45) is 0 Å². The van der Waals surface area contributed by atoms with Gasteiger partial charge in [0, 0.05) is 0 Å². The van der Waals surface area contributed by atoms with Crippen LogP contribution in [0.1, 0.15) is 49.2 Å². The van der Waals surface area contributed by atoms with Gasteiger partial charge < -0.3 is 9.88 Å². The second-order valence-electron chi connectivity index (χ2n) is 8.30. The number of piperidine rings is 1. The topological polar surface area (TPSA) is 63.1 Å². The zero-order chi connectivity index (χ0) is 22.2. The van der Waals surface area contributed by atoms with Crippen molar-refractivity contribution in [3.63, 3.8) is 0 Å². The van der Waals surface area contributed by atoms with E-state index in [1.54, 1.807) is 0 Å². The molecular weight excluding hydrogens is 418 g/mol. The number of carbonyl (C=O) groups excluding carboxylic acids is 1. The fourth-order valence-corrected chi connectivity index (χ4v) is 4.79. The summed E-state index contributed by atoms with van der Waals surface area (Å²) in [7, 11) is 0. The van der Waals surface area contributed by atoms with Gasteiger partial charge in [0.1, 0.15) is 5.82 Å². The molecule has 0 spiro atoms. The number of amides is 1. The van der Waals surface area contributed by atoms with Crippen LogP contribution in [0.15, 0.2) is 65.8 Å². The van der Waals surface area contributed by atoms with Gasteiger partial charge in [0.05, 0.1) is 24.9 Å². The fraction of sp³-hybridized carbons (Fsp3) is 0.400. The minimum absolute atomic E-state index is 0.00167. The predicted molar refractivity (Wildman–Crippen MR) is 128 cm³/mol. The van der Waals surface area contributed by atoms with E-state index in [0.717, 1.165) is 36.2 Å². The third-order valence-electron chi connectivity index (χ3n) is 5.80. The number of likely N-dealkylation sites (tertiary alicyclic amines) is 1. The van der Waals surface area contributed by atoms with E-state index in [9.17, 15) is 4.79 Å². The normalized spacial score (nSPS) is 15.4. The molecular formula is C25H31N5OS. The van der Waals surface area contributed by atoms with Crippen LogP contribution < -0.4 is 5.32 Å². The Labute approximate surface area is 194 Å². The fourth-order valence-electron chi connectivity index (χ4n) is 4.02. The van der Waals surface area contributed by atoms with Crippen LogP contribution in [-0.2, 0) is 17.9 Å². The molecule has 1 atom stereocenters. The molecule has 4 rings (SSSR count). The van der Waals surface area contributed by atoms with E-state index in [1.807, 2.05) is 43.3 Å². The zero-order valence-electron chi connectivity index (χ0n) is 18.6. The highest BCUT2D eigenvalue weighted by Gasteiger charge is 2.19. The van der Waals surface area contributed by atoms with Crippen LogP contribution in [0.5, 0.6) is 0 Å². The maximum absolute atomic E-state index is 12.6. The second kappa shape index (κ2) is 11.3. The minimum Gasteiger partial charge on any atom is -0.349 e. The summed E-state index contributed by atoms with van der Waals surface area (Å²) in [6.45, 7) is 5.74. The average Bonchev–Trinajstić information content (AvgIpc) is 3.20. The number of rotatable bonds is 9. The van der Waals surface area contributed by atoms with Gasteiger partial charge >= 0.3 is 0 Å². The molecule has 1 aliphatic rings. The van der Waals surface area contributed by atoms with Gasteiger partial charge in [-0.2, -0.15) is 0 Å². The van der Waals surface area contributed by atoms with Crippen LogP contribution in [0.2, 0.25) is 0 Å². The van der Waals surface area contributed by atoms with E-state index >= 15 is 0 Å². The summed E-state index contributed by atoms with van der Waals surface area (Å²) in [5.41, 5.74) is 2.30. The molecule has 0 aliphatic carbocycles. The van der Waals surface area contributed by atoms with E-state index in [1.165, 1.54) is 36.6 Å². The van der Waals surface area contributed by atoms with Crippen molar-refractivity contribution in [2.75, 3.05) is 18.8 Å². The minimum atomic E-state index is -0.0267. The molecule has 1 aliphatic heterocycles. The first kappa shape index (κ1) is 22.6. The van der Waals surface area contributed by atoms with Crippen molar-refractivity contribution in [1.29, 1.82) is 0 Å². The molecule has 0 saturated carbocycles. The molecule has 1 N–H and O–H groups in total. The van der Waals surface area contributed by atoms with Crippen LogP contribution in [0.3, 0.4) is 0 Å². The van der Waals surface area contributed by atoms with Gasteiger partial charge in [0.25, 0.3) is 0 Å². The maximum atomic E-state index is 12.6. The summed E-state index contributed by atoms with van der Waals surface area (Å²) in [6.07, 6.45) is 3.80. The quantitative estimate of drug-likeness (QED) is 0.494. The lowest BCUT2D eigenvalue weighted by Gasteiger charge is -2.26. The van der Waals surface area contributed by atoms with Gasteiger partial charge in [-0.3, -0.25) is 9.69 Å². The lowest BCUT2D eigenvalue weighted by atomic mass is 10.1. The van der Waals surface area contributed by atoms with E-state index in [4.69, 9.17) is 0 Å². The standard InChI is InChI=1S/C25H31N5OS/c1-20(22-13-7-3-8-14-22)26-24(31)19-32-25-28-27-23(18-29-15-9-4-10-16-29)30(25)17-21-11-5-2-6-12-21/h2-3,5-8,11-14,20H,4,9-10,15-19H2,1H3,(H,26,31). The molecule has 1 aromatic heterocycles. The van der Waals surface area contributed by atoms with Gasteiger partial charge in [-0.25, -0.2) is 0 Å². The summed E-state index contributed by atoms with van der Waals surface area (Å²) in [6, 6.07) is 20.4. The van der Waals surface area contributed by atoms with Crippen LogP contribution in [0.4, 0.5) is 0 Å². The van der Waals surface area contributed by atoms with Gasteiger partial charge in [-0.15, -0.1) is 10.2 Å². The Morgan fingerprint density at radius 1 is 0.969 bits per heavy atom. The van der Waals surface area contributed by atoms with E-state index in [-0.39, 0.29) is 11.9 Å². The SMILES string of the molecule is CC(NC(=O)CSc1nnc(CN2CCCCC2)n1Cc1ccccc1)c1ccccc1. The molecule has 6 nitrogen and oxygen atoms in total. The molecule has 32 heavy (non-hydrogen) atoms. The summed E-state index contributed by atoms with van der Waals surface area (Å²) in [5, 5.41) is 12.8. The average molecular weight is 450 g/mol. The first-order valence-corrected chi connectivity index (χ1v) is 12.3. The van der Waals surface area contributed by atoms with E-state index in [2.05, 4.69) is 49.2 Å². The monoisotopic (exact) mass is 449 g/mol. The maximum Gasteiger partial charge on any atom is 0.230 e. The van der Waals surface area contributed by atoms with E-state index < -0.39 is 0 Å². The lowest BCUT2D eigenvalue weighted by Crippen LogP contribution is -2.30. The number of nitrogens with one attached hydrogen (secondary N) is 1. The number of carbonyl (C=O) groups is 1. The molecule has 0 radical (unpaired) electrons. The molecule has 1 amide bonds. The summed E-state index contributed by atoms with van der Waals surface area (Å²) in [5.74, 6) is 1.28. The molecule has 0 bridgehead atoms. The molecule has 2 aromatic carbocycles. The number of hydrogen-bond acceptors (Lipinski definition) is 5. The van der Waals surface area contributed by atoms with Crippen LogP contribution >= 0.6 is 11.8 Å². The smallest absolute Gasteiger partial charge is 0.230 e. The van der Waals surface area contributed by atoms with Gasteiger partial charge in [-0.05, 0) is 44.0 Å². The lowest BCUT2D eigenvalue weighted by molar-refractivity contribution is -0.119. The van der Waals surface area contributed by atoms with Gasteiger partial charge in [0.2, 0.25) is 5.91 Å². The molecule has 3 aromatic rings. The summed E-state index contributed by atoms with van der Waals surface area (Å²) in [4.78, 5) is 15.1. The van der Waals surface area contributed by atoms with Gasteiger partial charge in [0.15, 0.2) is 5.16 Å². The number of benzene rings is 2. The van der Waals surface area contributed by atoms with Crippen molar-refractivity contribution in [3.8, 4) is 0 Å².